The average molecular weight is 311 g/mol. The molecule has 1 aliphatic heterocycles. The quantitative estimate of drug-likeness (QED) is 0.836. The fraction of sp³-hybridized carbons (Fsp3) is 0.333. The van der Waals surface area contributed by atoms with Crippen molar-refractivity contribution in [2.24, 2.45) is 0 Å². The van der Waals surface area contributed by atoms with Gasteiger partial charge < -0.3 is 15.8 Å². The molecule has 1 aromatic heterocycles. The Bertz CT molecular complexity index is 756. The van der Waals surface area contributed by atoms with Crippen molar-refractivity contribution in [3.8, 4) is 5.75 Å². The number of anilines is 1. The van der Waals surface area contributed by atoms with E-state index in [-0.39, 0.29) is 17.6 Å². The molecule has 3 N–H and O–H groups in total. The first kappa shape index (κ1) is 15.3. The summed E-state index contributed by atoms with van der Waals surface area (Å²) in [6.07, 6.45) is 0.668. The molecule has 0 bridgehead atoms. The number of carbonyl (C=O) groups is 1. The number of nitrogens with one attached hydrogen (secondary N) is 1. The molecule has 120 valence electrons. The first-order chi connectivity index (χ1) is 10.8. The van der Waals surface area contributed by atoms with E-state index in [0.29, 0.717) is 17.8 Å². The fourth-order valence-corrected chi connectivity index (χ4v) is 2.90. The molecule has 1 atom stereocenters. The highest BCUT2D eigenvalue weighted by Crippen LogP contribution is 2.40. The summed E-state index contributed by atoms with van der Waals surface area (Å²) >= 11 is 0. The van der Waals surface area contributed by atoms with Gasteiger partial charge in [0.05, 0.1) is 6.04 Å². The van der Waals surface area contributed by atoms with Crippen LogP contribution < -0.4 is 15.8 Å². The summed E-state index contributed by atoms with van der Waals surface area (Å²) < 4.78 is 5.99. The molecular formula is C18H21N3O2. The molecule has 1 unspecified atom stereocenters. The Morgan fingerprint density at radius 2 is 2.13 bits per heavy atom. The van der Waals surface area contributed by atoms with Crippen LogP contribution in [0.15, 0.2) is 36.4 Å². The van der Waals surface area contributed by atoms with E-state index in [1.807, 2.05) is 45.0 Å². The Labute approximate surface area is 135 Å². The van der Waals surface area contributed by atoms with Gasteiger partial charge in [-0.2, -0.15) is 0 Å². The molecule has 2 aromatic rings. The van der Waals surface area contributed by atoms with Crippen LogP contribution in [0.2, 0.25) is 0 Å². The molecule has 0 aliphatic carbocycles. The Morgan fingerprint density at radius 1 is 1.35 bits per heavy atom. The lowest BCUT2D eigenvalue weighted by molar-refractivity contribution is 0.0618. The number of nitrogens with zero attached hydrogens (tertiary/aromatic N) is 1. The van der Waals surface area contributed by atoms with E-state index in [9.17, 15) is 4.79 Å². The van der Waals surface area contributed by atoms with E-state index in [1.165, 1.54) is 0 Å². The molecule has 0 radical (unpaired) electrons. The van der Waals surface area contributed by atoms with E-state index in [1.54, 1.807) is 12.1 Å². The molecule has 0 fully saturated rings. The van der Waals surface area contributed by atoms with E-state index >= 15 is 0 Å². The third kappa shape index (κ3) is 3.28. The number of nitrogen functional groups attached to an aromatic ring is 1. The standard InChI is InChI=1S/C18H21N3O2/c1-11-5-4-6-14(20-11)17(22)21-15-10-18(2,3)23-16-8-7-12(19)9-13(15)16/h4-9,15H,10,19H2,1-3H3,(H,21,22). The molecule has 23 heavy (non-hydrogen) atoms. The average Bonchev–Trinajstić information content (AvgIpc) is 2.47. The molecule has 0 saturated heterocycles. The summed E-state index contributed by atoms with van der Waals surface area (Å²) in [6, 6.07) is 10.8. The van der Waals surface area contributed by atoms with Crippen molar-refractivity contribution in [1.82, 2.24) is 10.3 Å². The summed E-state index contributed by atoms with van der Waals surface area (Å²) in [5.41, 5.74) is 8.32. The predicted octanol–water partition coefficient (Wildman–Crippen LogP) is 3.00. The van der Waals surface area contributed by atoms with Crippen LogP contribution in [0.1, 0.15) is 48.1 Å². The smallest absolute Gasteiger partial charge is 0.270 e. The van der Waals surface area contributed by atoms with Crippen LogP contribution in [0.3, 0.4) is 0 Å². The second kappa shape index (κ2) is 5.57. The van der Waals surface area contributed by atoms with E-state index < -0.39 is 0 Å². The SMILES string of the molecule is Cc1cccc(C(=O)NC2CC(C)(C)Oc3ccc(N)cc32)n1. The van der Waals surface area contributed by atoms with E-state index in [2.05, 4.69) is 10.3 Å². The number of ether oxygens (including phenoxy) is 1. The second-order valence-corrected chi connectivity index (χ2v) is 6.55. The Kier molecular flexibility index (Phi) is 3.72. The lowest BCUT2D eigenvalue weighted by atomic mass is 9.89. The molecule has 2 heterocycles. The molecule has 5 heteroatoms. The van der Waals surface area contributed by atoms with Crippen molar-refractivity contribution in [2.75, 3.05) is 5.73 Å². The zero-order valence-corrected chi connectivity index (χ0v) is 13.6. The Balaban J connectivity index is 1.90. The van der Waals surface area contributed by atoms with E-state index in [0.717, 1.165) is 17.0 Å². The minimum absolute atomic E-state index is 0.160. The van der Waals surface area contributed by atoms with Gasteiger partial charge in [-0.15, -0.1) is 0 Å². The molecule has 0 spiro atoms. The van der Waals surface area contributed by atoms with Crippen LogP contribution >= 0.6 is 0 Å². The number of hydrogen-bond acceptors (Lipinski definition) is 4. The highest BCUT2D eigenvalue weighted by Gasteiger charge is 2.34. The summed E-state index contributed by atoms with van der Waals surface area (Å²) in [4.78, 5) is 16.8. The molecule has 0 saturated carbocycles. The maximum atomic E-state index is 12.5. The number of fused-ring (bicyclic) bond motifs is 1. The molecular weight excluding hydrogens is 290 g/mol. The highest BCUT2D eigenvalue weighted by atomic mass is 16.5. The lowest BCUT2D eigenvalue weighted by Crippen LogP contribution is -2.41. The van der Waals surface area contributed by atoms with Crippen molar-refractivity contribution in [3.63, 3.8) is 0 Å². The van der Waals surface area contributed by atoms with Crippen molar-refractivity contribution in [2.45, 2.75) is 38.8 Å². The van der Waals surface area contributed by atoms with Gasteiger partial charge in [-0.25, -0.2) is 4.98 Å². The maximum absolute atomic E-state index is 12.5. The molecule has 5 nitrogen and oxygen atoms in total. The van der Waals surface area contributed by atoms with Gasteiger partial charge in [-0.05, 0) is 51.1 Å². The first-order valence-electron chi connectivity index (χ1n) is 7.67. The van der Waals surface area contributed by atoms with Gasteiger partial charge in [0, 0.05) is 23.4 Å². The highest BCUT2D eigenvalue weighted by molar-refractivity contribution is 5.92. The van der Waals surface area contributed by atoms with Gasteiger partial charge in [-0.3, -0.25) is 4.79 Å². The lowest BCUT2D eigenvalue weighted by Gasteiger charge is -2.38. The van der Waals surface area contributed by atoms with Gasteiger partial charge in [0.1, 0.15) is 17.0 Å². The predicted molar refractivity (Wildman–Crippen MR) is 89.4 cm³/mol. The molecule has 1 amide bonds. The number of benzene rings is 1. The first-order valence-corrected chi connectivity index (χ1v) is 7.67. The third-order valence-electron chi connectivity index (χ3n) is 3.92. The summed E-state index contributed by atoms with van der Waals surface area (Å²) in [5, 5.41) is 3.06. The van der Waals surface area contributed by atoms with Crippen molar-refractivity contribution < 1.29 is 9.53 Å². The number of aromatic nitrogens is 1. The summed E-state index contributed by atoms with van der Waals surface area (Å²) in [6.45, 7) is 5.89. The largest absolute Gasteiger partial charge is 0.487 e. The van der Waals surface area contributed by atoms with Crippen LogP contribution in [-0.4, -0.2) is 16.5 Å². The number of nitrogens with two attached hydrogens (primary N) is 1. The summed E-state index contributed by atoms with van der Waals surface area (Å²) in [5.74, 6) is 0.572. The number of aryl methyl sites for hydroxylation is 1. The van der Waals surface area contributed by atoms with Gasteiger partial charge in [0.25, 0.3) is 5.91 Å². The van der Waals surface area contributed by atoms with Gasteiger partial charge in [0.15, 0.2) is 0 Å². The monoisotopic (exact) mass is 311 g/mol. The van der Waals surface area contributed by atoms with Gasteiger partial charge >= 0.3 is 0 Å². The number of amides is 1. The normalized spacial score (nSPS) is 18.7. The zero-order valence-electron chi connectivity index (χ0n) is 13.6. The second-order valence-electron chi connectivity index (χ2n) is 6.55. The van der Waals surface area contributed by atoms with Gasteiger partial charge in [-0.1, -0.05) is 6.07 Å². The Hall–Kier alpha value is -2.56. The van der Waals surface area contributed by atoms with Crippen molar-refractivity contribution >= 4 is 11.6 Å². The number of hydrogen-bond donors (Lipinski definition) is 2. The fourth-order valence-electron chi connectivity index (χ4n) is 2.90. The van der Waals surface area contributed by atoms with E-state index in [4.69, 9.17) is 10.5 Å². The van der Waals surface area contributed by atoms with Crippen molar-refractivity contribution in [1.29, 1.82) is 0 Å². The van der Waals surface area contributed by atoms with Crippen LogP contribution in [0.5, 0.6) is 5.75 Å². The number of rotatable bonds is 2. The Morgan fingerprint density at radius 3 is 2.87 bits per heavy atom. The van der Waals surface area contributed by atoms with Crippen molar-refractivity contribution in [3.05, 3.63) is 53.3 Å². The minimum atomic E-state index is -0.360. The number of pyridine rings is 1. The molecule has 3 rings (SSSR count). The van der Waals surface area contributed by atoms with Crippen LogP contribution in [0.4, 0.5) is 5.69 Å². The third-order valence-corrected chi connectivity index (χ3v) is 3.92. The minimum Gasteiger partial charge on any atom is -0.487 e. The van der Waals surface area contributed by atoms with Crippen LogP contribution in [-0.2, 0) is 0 Å². The van der Waals surface area contributed by atoms with Gasteiger partial charge in [0.2, 0.25) is 0 Å². The van der Waals surface area contributed by atoms with Crippen LogP contribution in [0, 0.1) is 6.92 Å². The zero-order chi connectivity index (χ0) is 16.6. The molecule has 1 aliphatic rings. The summed E-state index contributed by atoms with van der Waals surface area (Å²) in [7, 11) is 0. The van der Waals surface area contributed by atoms with Crippen LogP contribution in [0.25, 0.3) is 0 Å². The maximum Gasteiger partial charge on any atom is 0.270 e. The number of carbonyl (C=O) groups excluding carboxylic acids is 1. The topological polar surface area (TPSA) is 77.2 Å². The molecule has 1 aromatic carbocycles.